The average Bonchev–Trinajstić information content (AvgIpc) is 3.97. The smallest absolute Gasteiger partial charge is 0.264 e. The first-order valence-corrected chi connectivity index (χ1v) is 27.1. The van der Waals surface area contributed by atoms with Crippen molar-refractivity contribution in [3.63, 3.8) is 0 Å². The number of imidazole rings is 1. The number of aryl methyl sites for hydroxylation is 1. The van der Waals surface area contributed by atoms with Gasteiger partial charge in [-0.05, 0) is 106 Å². The van der Waals surface area contributed by atoms with Gasteiger partial charge in [0.25, 0.3) is 10.1 Å². The van der Waals surface area contributed by atoms with Gasteiger partial charge in [-0.2, -0.15) is 47.7 Å². The van der Waals surface area contributed by atoms with Crippen molar-refractivity contribution in [2.24, 2.45) is 7.05 Å². The van der Waals surface area contributed by atoms with Crippen LogP contribution in [0.3, 0.4) is 0 Å². The SMILES string of the molecule is C.C.C.CC#N.CCN(CC)CC.CN1C=CN(CCc2ccsc2)C1.CS(=O)(=O)Cl.CS(=O)(=O)OCCc1ccsc1.CS(=O)(=O)[O-].Cn1ccnc1.OCCc1ccsc1. The normalized spacial score (nSPS) is 10.8. The van der Waals surface area contributed by atoms with Gasteiger partial charge >= 0.3 is 0 Å². The summed E-state index contributed by atoms with van der Waals surface area (Å²) in [6, 6.07) is 7.94. The fourth-order valence-corrected chi connectivity index (χ4v) is 6.24. The molecule has 1 N–H and O–H groups in total. The van der Waals surface area contributed by atoms with Crippen molar-refractivity contribution < 1.29 is 39.1 Å². The molecule has 0 saturated carbocycles. The van der Waals surface area contributed by atoms with Gasteiger partial charge in [-0.1, -0.05) is 43.1 Å². The van der Waals surface area contributed by atoms with Crippen molar-refractivity contribution in [3.05, 3.63) is 98.3 Å². The Hall–Kier alpha value is -2.88. The molecule has 0 spiro atoms. The molecule has 62 heavy (non-hydrogen) atoms. The molecule has 0 fully saturated rings. The lowest BCUT2D eigenvalue weighted by Crippen LogP contribution is -2.24. The number of thiophene rings is 3. The summed E-state index contributed by atoms with van der Waals surface area (Å²) in [5, 5.41) is 28.1. The predicted octanol–water partition coefficient (Wildman–Crippen LogP) is 8.07. The second-order valence-corrected chi connectivity index (χ2v) is 20.3. The van der Waals surface area contributed by atoms with E-state index in [1.54, 1.807) is 52.6 Å². The quantitative estimate of drug-likeness (QED) is 0.0810. The van der Waals surface area contributed by atoms with Crippen molar-refractivity contribution in [2.45, 2.75) is 69.2 Å². The number of aliphatic hydroxyl groups is 1. The van der Waals surface area contributed by atoms with E-state index in [4.69, 9.17) is 23.3 Å². The monoisotopic (exact) mass is 1010 g/mol. The zero-order valence-corrected chi connectivity index (χ0v) is 41.0. The maximum Gasteiger partial charge on any atom is 0.264 e. The molecule has 0 atom stereocenters. The summed E-state index contributed by atoms with van der Waals surface area (Å²) in [5.41, 5.74) is 3.80. The third-order valence-corrected chi connectivity index (χ3v) is 9.22. The lowest BCUT2D eigenvalue weighted by atomic mass is 10.2. The molecule has 0 unspecified atom stereocenters. The van der Waals surface area contributed by atoms with E-state index < -0.39 is 29.3 Å². The van der Waals surface area contributed by atoms with Crippen molar-refractivity contribution in [3.8, 4) is 6.07 Å². The van der Waals surface area contributed by atoms with Gasteiger partial charge in [-0.3, -0.25) is 4.18 Å². The van der Waals surface area contributed by atoms with E-state index in [-0.39, 0.29) is 35.5 Å². The van der Waals surface area contributed by atoms with Crippen LogP contribution in [-0.2, 0) is 59.8 Å². The van der Waals surface area contributed by atoms with E-state index in [0.29, 0.717) is 12.7 Å². The van der Waals surface area contributed by atoms with Crippen LogP contribution < -0.4 is 0 Å². The van der Waals surface area contributed by atoms with E-state index in [9.17, 15) is 16.8 Å². The molecule has 4 aromatic heterocycles. The van der Waals surface area contributed by atoms with Crippen LogP contribution in [0.1, 0.15) is 66.7 Å². The summed E-state index contributed by atoms with van der Waals surface area (Å²) in [7, 11) is -1.85. The number of halogens is 1. The number of aromatic nitrogens is 2. The number of hydrogen-bond donors (Lipinski definition) is 1. The Bertz CT molecular complexity index is 1850. The van der Waals surface area contributed by atoms with E-state index in [2.05, 4.69) is 97.0 Å². The standard InChI is InChI=1S/C10H14N2S.C7H10O3S2.C6H15N.C6H8OS.C4H6N2.C2H3N.CH3ClO2S.CH4O3S.3CH4/c1-11-5-6-12(9-11)4-2-10-3-7-13-8-10;1-12(8,9)10-4-2-7-3-5-11-6-7;1-4-7(5-2)6-3;7-3-1-6-2-4-8-5-6;1-6-3-2-5-4-6;1-2-3;2*1-5(2,3)4;;;/h3,5-8H,2,4,9H2,1H3;3,5-6H,2,4H2,1H3;4-6H2,1-3H3;2,4-5,7H,1,3H2;2-4H,1H3;1H3;1H3;1H3,(H,2,3,4);3*1H4/p-1. The molecule has 0 saturated heterocycles. The maximum atomic E-state index is 10.5. The number of nitrogens with zero attached hydrogens (tertiary/aromatic N) is 6. The Balaban J connectivity index is -0.000000149. The lowest BCUT2D eigenvalue weighted by molar-refractivity contribution is 0.299. The lowest BCUT2D eigenvalue weighted by Gasteiger charge is -2.17. The minimum atomic E-state index is -3.92. The van der Waals surface area contributed by atoms with E-state index in [0.717, 1.165) is 44.1 Å². The minimum absolute atomic E-state index is 0. The third-order valence-electron chi connectivity index (χ3n) is 6.43. The Morgan fingerprint density at radius 2 is 1.24 bits per heavy atom. The summed E-state index contributed by atoms with van der Waals surface area (Å²) in [6.45, 7) is 14.2. The van der Waals surface area contributed by atoms with Crippen LogP contribution in [0.2, 0.25) is 0 Å². The van der Waals surface area contributed by atoms with Crippen LogP contribution in [-0.4, -0.2) is 131 Å². The van der Waals surface area contributed by atoms with Crippen molar-refractivity contribution in [1.82, 2.24) is 24.3 Å². The highest BCUT2D eigenvalue weighted by atomic mass is 35.7. The molecule has 4 aromatic rings. The highest BCUT2D eigenvalue weighted by Gasteiger charge is 2.07. The van der Waals surface area contributed by atoms with Gasteiger partial charge in [0.05, 0.1) is 48.3 Å². The van der Waals surface area contributed by atoms with Gasteiger partial charge in [-0.25, -0.2) is 21.8 Å². The molecule has 362 valence electrons. The number of rotatable bonds is 12. The summed E-state index contributed by atoms with van der Waals surface area (Å²) in [5.74, 6) is 0. The predicted molar refractivity (Wildman–Crippen MR) is 265 cm³/mol. The van der Waals surface area contributed by atoms with Crippen molar-refractivity contribution in [2.75, 3.05) is 71.9 Å². The topological polar surface area (TPSA) is 206 Å². The molecule has 15 nitrogen and oxygen atoms in total. The Labute approximate surface area is 392 Å². The second kappa shape index (κ2) is 43.4. The first kappa shape index (κ1) is 70.8. The van der Waals surface area contributed by atoms with Gasteiger partial charge < -0.3 is 28.9 Å². The fraction of sp³-hybridized carbons (Fsp3) is 0.550. The largest absolute Gasteiger partial charge is 0.748 e. The van der Waals surface area contributed by atoms with Gasteiger partial charge in [0.15, 0.2) is 0 Å². The molecular weight excluding hydrogens is 936 g/mol. The maximum absolute atomic E-state index is 10.5. The summed E-state index contributed by atoms with van der Waals surface area (Å²) in [4.78, 5) is 10.7. The molecule has 22 heteroatoms. The van der Waals surface area contributed by atoms with Gasteiger partial charge in [0.2, 0.25) is 9.05 Å². The van der Waals surface area contributed by atoms with Gasteiger partial charge in [0.1, 0.15) is 0 Å². The summed E-state index contributed by atoms with van der Waals surface area (Å²) >= 11 is 5.04. The molecule has 1 aliphatic rings. The van der Waals surface area contributed by atoms with Crippen molar-refractivity contribution >= 4 is 74.0 Å². The van der Waals surface area contributed by atoms with E-state index in [1.807, 2.05) is 46.1 Å². The van der Waals surface area contributed by atoms with Crippen LogP contribution >= 0.6 is 44.7 Å². The Morgan fingerprint density at radius 3 is 1.48 bits per heavy atom. The molecule has 0 radical (unpaired) electrons. The van der Waals surface area contributed by atoms with Crippen LogP contribution in [0.5, 0.6) is 0 Å². The zero-order valence-electron chi connectivity index (χ0n) is 35.4. The molecular formula is C40H74ClN6O9S6-. The molecule has 5 rings (SSSR count). The van der Waals surface area contributed by atoms with Crippen LogP contribution in [0.15, 0.2) is 81.6 Å². The van der Waals surface area contributed by atoms with Crippen LogP contribution in [0, 0.1) is 11.3 Å². The fourth-order valence-electron chi connectivity index (χ4n) is 3.75. The van der Waals surface area contributed by atoms with Gasteiger partial charge in [0, 0.05) is 75.9 Å². The molecule has 0 aromatic carbocycles. The van der Waals surface area contributed by atoms with Crippen molar-refractivity contribution in [1.29, 1.82) is 5.26 Å². The van der Waals surface area contributed by atoms with Crippen LogP contribution in [0.25, 0.3) is 0 Å². The van der Waals surface area contributed by atoms with Crippen LogP contribution in [0.4, 0.5) is 0 Å². The highest BCUT2D eigenvalue weighted by Crippen LogP contribution is 2.10. The highest BCUT2D eigenvalue weighted by molar-refractivity contribution is 8.13. The Morgan fingerprint density at radius 1 is 0.839 bits per heavy atom. The van der Waals surface area contributed by atoms with Gasteiger partial charge in [-0.15, -0.1) is 0 Å². The number of hydrogen-bond acceptors (Lipinski definition) is 17. The molecule has 5 heterocycles. The second-order valence-electron chi connectivity index (χ2n) is 11.9. The molecule has 0 bridgehead atoms. The molecule has 0 amide bonds. The third kappa shape index (κ3) is 59.2. The average molecular weight is 1010 g/mol. The van der Waals surface area contributed by atoms with E-state index >= 15 is 0 Å². The zero-order chi connectivity index (χ0) is 45.8. The number of aliphatic hydroxyl groups excluding tert-OH is 1. The summed E-state index contributed by atoms with van der Waals surface area (Å²) in [6.07, 6.45) is 14.9. The molecule has 1 aliphatic heterocycles. The van der Waals surface area contributed by atoms with E-state index in [1.165, 1.54) is 37.7 Å². The minimum Gasteiger partial charge on any atom is -0.748 e. The Kier molecular flexibility index (Phi) is 49.5. The number of nitriles is 1. The molecule has 0 aliphatic carbocycles. The summed E-state index contributed by atoms with van der Waals surface area (Å²) < 4.78 is 73.6. The first-order valence-electron chi connectivity index (χ1n) is 17.9. The first-order chi connectivity index (χ1) is 27.5.